The normalized spacial score (nSPS) is 15.6. The summed E-state index contributed by atoms with van der Waals surface area (Å²) in [5, 5.41) is 3.02. The summed E-state index contributed by atoms with van der Waals surface area (Å²) in [4.78, 5) is 12.7. The molecule has 3 rings (SSSR count). The van der Waals surface area contributed by atoms with E-state index in [4.69, 9.17) is 16.3 Å². The van der Waals surface area contributed by atoms with E-state index in [0.717, 1.165) is 5.56 Å². The van der Waals surface area contributed by atoms with Gasteiger partial charge < -0.3 is 10.1 Å². The van der Waals surface area contributed by atoms with Crippen molar-refractivity contribution in [2.24, 2.45) is 5.92 Å². The van der Waals surface area contributed by atoms with Gasteiger partial charge in [0.05, 0.1) is 11.5 Å². The van der Waals surface area contributed by atoms with Crippen molar-refractivity contribution >= 4 is 37.6 Å². The molecule has 2 aromatic rings. The van der Waals surface area contributed by atoms with E-state index in [1.165, 1.54) is 28.6 Å². The number of rotatable bonds is 10. The molecule has 9 nitrogen and oxygen atoms in total. The highest BCUT2D eigenvalue weighted by molar-refractivity contribution is 7.89. The monoisotopic (exact) mass is 543 g/mol. The third-order valence-electron chi connectivity index (χ3n) is 5.70. The second kappa shape index (κ2) is 11.7. The van der Waals surface area contributed by atoms with E-state index < -0.39 is 20.0 Å². The van der Waals surface area contributed by atoms with Gasteiger partial charge in [-0.25, -0.2) is 21.6 Å². The molecule has 2 N–H and O–H groups in total. The molecule has 1 aliphatic heterocycles. The summed E-state index contributed by atoms with van der Waals surface area (Å²) in [6.07, 6.45) is 0.704. The van der Waals surface area contributed by atoms with Gasteiger partial charge in [0.15, 0.2) is 0 Å². The van der Waals surface area contributed by atoms with Crippen LogP contribution in [0, 0.1) is 12.8 Å². The van der Waals surface area contributed by atoms with Gasteiger partial charge in [0, 0.05) is 37.1 Å². The van der Waals surface area contributed by atoms with Crippen LogP contribution < -0.4 is 14.8 Å². The van der Waals surface area contributed by atoms with E-state index in [9.17, 15) is 21.6 Å². The van der Waals surface area contributed by atoms with Gasteiger partial charge in [-0.1, -0.05) is 29.3 Å². The standard InChI is InChI=1S/C23H30ClN3O6S2/c1-3-33-21-9-6-19(24)16-22(21)35(31,32)27-14-10-18(11-15-27)23(28)25-12-13-26-34(29,30)20-7-4-17(2)5-8-20/h4-9,16,18,26H,3,10-15H2,1-2H3,(H,25,28). The molecule has 12 heteroatoms. The number of ether oxygens (including phenoxy) is 1. The molecule has 192 valence electrons. The lowest BCUT2D eigenvalue weighted by Gasteiger charge is -2.31. The van der Waals surface area contributed by atoms with Crippen LogP contribution in [0.4, 0.5) is 0 Å². The van der Waals surface area contributed by atoms with Gasteiger partial charge in [-0.3, -0.25) is 4.79 Å². The fraction of sp³-hybridized carbons (Fsp3) is 0.435. The quantitative estimate of drug-likeness (QED) is 0.444. The van der Waals surface area contributed by atoms with E-state index in [1.54, 1.807) is 25.1 Å². The number of halogens is 1. The smallest absolute Gasteiger partial charge is 0.246 e. The van der Waals surface area contributed by atoms with Gasteiger partial charge in [0.1, 0.15) is 10.6 Å². The van der Waals surface area contributed by atoms with Gasteiger partial charge >= 0.3 is 0 Å². The molecule has 0 radical (unpaired) electrons. The van der Waals surface area contributed by atoms with Crippen LogP contribution in [0.15, 0.2) is 52.3 Å². The Morgan fingerprint density at radius 1 is 1.06 bits per heavy atom. The van der Waals surface area contributed by atoms with E-state index in [0.29, 0.717) is 24.5 Å². The summed E-state index contributed by atoms with van der Waals surface area (Å²) in [6, 6.07) is 11.0. The lowest BCUT2D eigenvalue weighted by Crippen LogP contribution is -2.44. The highest BCUT2D eigenvalue weighted by Gasteiger charge is 2.34. The second-order valence-electron chi connectivity index (χ2n) is 8.20. The average Bonchev–Trinajstić information content (AvgIpc) is 2.83. The van der Waals surface area contributed by atoms with Gasteiger partial charge in [-0.15, -0.1) is 0 Å². The largest absolute Gasteiger partial charge is 0.492 e. The predicted molar refractivity (Wildman–Crippen MR) is 133 cm³/mol. The number of carbonyl (C=O) groups is 1. The fourth-order valence-electron chi connectivity index (χ4n) is 3.77. The van der Waals surface area contributed by atoms with Crippen LogP contribution in [0.25, 0.3) is 0 Å². The maximum atomic E-state index is 13.2. The highest BCUT2D eigenvalue weighted by atomic mass is 35.5. The van der Waals surface area contributed by atoms with Crippen LogP contribution in [0.2, 0.25) is 5.02 Å². The average molecular weight is 544 g/mol. The Balaban J connectivity index is 1.50. The molecule has 0 aliphatic carbocycles. The first kappa shape index (κ1) is 27.4. The molecular formula is C23H30ClN3O6S2. The Morgan fingerprint density at radius 2 is 1.71 bits per heavy atom. The number of piperidine rings is 1. The number of aryl methyl sites for hydroxylation is 1. The Bertz CT molecular complexity index is 1240. The molecule has 35 heavy (non-hydrogen) atoms. The molecule has 0 atom stereocenters. The van der Waals surface area contributed by atoms with Crippen molar-refractivity contribution in [1.82, 2.24) is 14.3 Å². The van der Waals surface area contributed by atoms with E-state index in [2.05, 4.69) is 10.0 Å². The SMILES string of the molecule is CCOc1ccc(Cl)cc1S(=O)(=O)N1CCC(C(=O)NCCNS(=O)(=O)c2ccc(C)cc2)CC1. The zero-order valence-corrected chi connectivity index (χ0v) is 22.0. The van der Waals surface area contributed by atoms with Crippen LogP contribution in [-0.2, 0) is 24.8 Å². The summed E-state index contributed by atoms with van der Waals surface area (Å²) in [7, 11) is -7.49. The second-order valence-corrected chi connectivity index (χ2v) is 12.3. The van der Waals surface area contributed by atoms with Crippen LogP contribution in [-0.4, -0.2) is 59.8 Å². The number of benzene rings is 2. The fourth-order valence-corrected chi connectivity index (χ4v) is 6.67. The Morgan fingerprint density at radius 3 is 2.34 bits per heavy atom. The number of sulfonamides is 2. The number of carbonyl (C=O) groups excluding carboxylic acids is 1. The minimum atomic E-state index is -3.84. The molecule has 0 spiro atoms. The molecule has 0 aromatic heterocycles. The molecular weight excluding hydrogens is 514 g/mol. The maximum Gasteiger partial charge on any atom is 0.246 e. The topological polar surface area (TPSA) is 122 Å². The number of hydrogen-bond acceptors (Lipinski definition) is 6. The number of nitrogens with zero attached hydrogens (tertiary/aromatic N) is 1. The third-order valence-corrected chi connectivity index (χ3v) is 9.33. The minimum absolute atomic E-state index is 0.00983. The van der Waals surface area contributed by atoms with Gasteiger partial charge in [0.25, 0.3) is 0 Å². The van der Waals surface area contributed by atoms with E-state index >= 15 is 0 Å². The number of nitrogens with one attached hydrogen (secondary N) is 2. The highest BCUT2D eigenvalue weighted by Crippen LogP contribution is 2.32. The number of amides is 1. The summed E-state index contributed by atoms with van der Waals surface area (Å²) in [6.45, 7) is 4.48. The first-order chi connectivity index (χ1) is 16.5. The Labute approximate surface area is 211 Å². The van der Waals surface area contributed by atoms with Crippen molar-refractivity contribution in [2.45, 2.75) is 36.5 Å². The lowest BCUT2D eigenvalue weighted by molar-refractivity contribution is -0.126. The predicted octanol–water partition coefficient (Wildman–Crippen LogP) is 2.54. The van der Waals surface area contributed by atoms with Crippen LogP contribution in [0.3, 0.4) is 0 Å². The first-order valence-corrected chi connectivity index (χ1v) is 14.6. The van der Waals surface area contributed by atoms with E-state index in [1.807, 2.05) is 6.92 Å². The van der Waals surface area contributed by atoms with Crippen molar-refractivity contribution < 1.29 is 26.4 Å². The summed E-state index contributed by atoms with van der Waals surface area (Å²) in [5.41, 5.74) is 0.956. The molecule has 2 aromatic carbocycles. The molecule has 0 saturated carbocycles. The molecule has 1 fully saturated rings. The molecule has 0 unspecified atom stereocenters. The third kappa shape index (κ3) is 6.95. The summed E-state index contributed by atoms with van der Waals surface area (Å²) < 4.78 is 60.2. The Hall–Kier alpha value is -2.18. The van der Waals surface area contributed by atoms with Crippen LogP contribution >= 0.6 is 11.6 Å². The van der Waals surface area contributed by atoms with Crippen LogP contribution in [0.1, 0.15) is 25.3 Å². The molecule has 1 heterocycles. The zero-order chi connectivity index (χ0) is 25.6. The molecule has 1 aliphatic rings. The molecule has 1 amide bonds. The van der Waals surface area contributed by atoms with Gasteiger partial charge in [-0.05, 0) is 57.0 Å². The molecule has 0 bridgehead atoms. The van der Waals surface area contributed by atoms with Crippen molar-refractivity contribution in [3.05, 3.63) is 53.1 Å². The molecule has 1 saturated heterocycles. The van der Waals surface area contributed by atoms with E-state index in [-0.39, 0.29) is 53.5 Å². The minimum Gasteiger partial charge on any atom is -0.492 e. The van der Waals surface area contributed by atoms with Crippen molar-refractivity contribution in [3.63, 3.8) is 0 Å². The van der Waals surface area contributed by atoms with Gasteiger partial charge in [-0.2, -0.15) is 4.31 Å². The lowest BCUT2D eigenvalue weighted by atomic mass is 9.97. The van der Waals surface area contributed by atoms with Crippen LogP contribution in [0.5, 0.6) is 5.75 Å². The van der Waals surface area contributed by atoms with Crippen molar-refractivity contribution in [1.29, 1.82) is 0 Å². The number of hydrogen-bond donors (Lipinski definition) is 2. The van der Waals surface area contributed by atoms with Crippen molar-refractivity contribution in [3.8, 4) is 5.75 Å². The zero-order valence-electron chi connectivity index (χ0n) is 19.7. The summed E-state index contributed by atoms with van der Waals surface area (Å²) >= 11 is 6.02. The van der Waals surface area contributed by atoms with Gasteiger partial charge in [0.2, 0.25) is 26.0 Å². The summed E-state index contributed by atoms with van der Waals surface area (Å²) in [5.74, 6) is -0.347. The van der Waals surface area contributed by atoms with Crippen molar-refractivity contribution in [2.75, 3.05) is 32.8 Å². The Kier molecular flexibility index (Phi) is 9.16. The first-order valence-electron chi connectivity index (χ1n) is 11.3. The maximum absolute atomic E-state index is 13.2.